The number of nitrogens with zero attached hydrogens (tertiary/aromatic N) is 2. The molecule has 0 fully saturated rings. The number of amides is 1. The molecule has 3 aromatic rings. The first-order chi connectivity index (χ1) is 9.54. The zero-order valence-corrected chi connectivity index (χ0v) is 11.6. The van der Waals surface area contributed by atoms with Gasteiger partial charge in [-0.15, -0.1) is 0 Å². The third-order valence-electron chi connectivity index (χ3n) is 3.07. The van der Waals surface area contributed by atoms with Crippen LogP contribution in [0.15, 0.2) is 30.3 Å². The molecule has 5 nitrogen and oxygen atoms in total. The molecule has 2 aromatic heterocycles. The molecule has 0 atom stereocenters. The zero-order valence-electron chi connectivity index (χ0n) is 10.8. The number of hydrogen-bond donors (Lipinski definition) is 2. The predicted molar refractivity (Wildman–Crippen MR) is 80.5 cm³/mol. The summed E-state index contributed by atoms with van der Waals surface area (Å²) in [5.74, 6) is -0.450. The molecule has 0 aliphatic heterocycles. The van der Waals surface area contributed by atoms with Gasteiger partial charge in [-0.05, 0) is 36.8 Å². The van der Waals surface area contributed by atoms with Crippen molar-refractivity contribution in [1.29, 1.82) is 0 Å². The average Bonchev–Trinajstić information content (AvgIpc) is 2.78. The summed E-state index contributed by atoms with van der Waals surface area (Å²) in [6.07, 6.45) is 0. The molecule has 20 heavy (non-hydrogen) atoms. The van der Waals surface area contributed by atoms with E-state index in [1.54, 1.807) is 12.1 Å². The normalized spacial score (nSPS) is 10.8. The van der Waals surface area contributed by atoms with Crippen molar-refractivity contribution in [2.45, 2.75) is 6.92 Å². The minimum atomic E-state index is -0.450. The Morgan fingerprint density at radius 2 is 2.00 bits per heavy atom. The molecule has 0 bridgehead atoms. The number of fused-ring (bicyclic) bond motifs is 1. The lowest BCUT2D eigenvalue weighted by Crippen LogP contribution is -2.11. The Labute approximate surface area is 119 Å². The predicted octanol–water partition coefficient (Wildman–Crippen LogP) is 2.35. The number of carbonyl (C=O) groups is 1. The van der Waals surface area contributed by atoms with Gasteiger partial charge in [0.15, 0.2) is 5.13 Å². The van der Waals surface area contributed by atoms with E-state index in [9.17, 15) is 4.79 Å². The molecule has 3 rings (SSSR count). The first kappa shape index (κ1) is 12.6. The molecule has 6 heteroatoms. The van der Waals surface area contributed by atoms with E-state index < -0.39 is 5.91 Å². The standard InChI is InChI=1S/C14H12N4OS/c1-7-2-3-8(12(15)19)6-9(7)10-4-5-11-13(17-10)20-14(16)18-11/h2-6H,1H3,(H2,15,19)(H2,16,18). The Balaban J connectivity index is 2.18. The molecule has 0 spiro atoms. The third-order valence-corrected chi connectivity index (χ3v) is 3.86. The smallest absolute Gasteiger partial charge is 0.248 e. The van der Waals surface area contributed by atoms with Crippen LogP contribution in [0.1, 0.15) is 15.9 Å². The maximum Gasteiger partial charge on any atom is 0.248 e. The molecule has 2 heterocycles. The van der Waals surface area contributed by atoms with Crippen molar-refractivity contribution < 1.29 is 4.79 Å². The summed E-state index contributed by atoms with van der Waals surface area (Å²) in [4.78, 5) is 20.8. The number of pyridine rings is 1. The second-order valence-electron chi connectivity index (χ2n) is 4.47. The van der Waals surface area contributed by atoms with Crippen molar-refractivity contribution in [2.24, 2.45) is 5.73 Å². The molecular formula is C14H12N4OS. The zero-order chi connectivity index (χ0) is 14.3. The molecule has 100 valence electrons. The minimum Gasteiger partial charge on any atom is -0.375 e. The molecule has 1 amide bonds. The van der Waals surface area contributed by atoms with Crippen LogP contribution >= 0.6 is 11.3 Å². The fourth-order valence-corrected chi connectivity index (χ4v) is 2.74. The number of rotatable bonds is 2. The number of aryl methyl sites for hydroxylation is 1. The van der Waals surface area contributed by atoms with Crippen molar-refractivity contribution in [3.8, 4) is 11.3 Å². The topological polar surface area (TPSA) is 94.9 Å². The number of nitrogen functional groups attached to an aromatic ring is 1. The highest BCUT2D eigenvalue weighted by Crippen LogP contribution is 2.28. The van der Waals surface area contributed by atoms with Gasteiger partial charge in [-0.1, -0.05) is 17.4 Å². The van der Waals surface area contributed by atoms with E-state index in [1.165, 1.54) is 11.3 Å². The quantitative estimate of drug-likeness (QED) is 0.755. The van der Waals surface area contributed by atoms with Crippen LogP contribution in [0.4, 0.5) is 5.13 Å². The largest absolute Gasteiger partial charge is 0.375 e. The van der Waals surface area contributed by atoms with Gasteiger partial charge in [0, 0.05) is 11.1 Å². The van der Waals surface area contributed by atoms with Crippen molar-refractivity contribution in [2.75, 3.05) is 5.73 Å². The van der Waals surface area contributed by atoms with E-state index in [0.717, 1.165) is 27.2 Å². The minimum absolute atomic E-state index is 0.450. The summed E-state index contributed by atoms with van der Waals surface area (Å²) in [5.41, 5.74) is 14.9. The Bertz CT molecular complexity index is 825. The SMILES string of the molecule is Cc1ccc(C(N)=O)cc1-c1ccc2nc(N)sc2n1. The Hall–Kier alpha value is -2.47. The summed E-state index contributed by atoms with van der Waals surface area (Å²) in [6, 6.07) is 9.08. The molecule has 0 aliphatic rings. The molecule has 0 saturated heterocycles. The van der Waals surface area contributed by atoms with Gasteiger partial charge in [0.1, 0.15) is 10.3 Å². The Morgan fingerprint density at radius 3 is 2.75 bits per heavy atom. The van der Waals surface area contributed by atoms with E-state index in [4.69, 9.17) is 11.5 Å². The number of carbonyl (C=O) groups excluding carboxylic acids is 1. The van der Waals surface area contributed by atoms with E-state index in [0.29, 0.717) is 10.7 Å². The van der Waals surface area contributed by atoms with Crippen LogP contribution in [-0.4, -0.2) is 15.9 Å². The monoisotopic (exact) mass is 284 g/mol. The van der Waals surface area contributed by atoms with Gasteiger partial charge in [0.25, 0.3) is 0 Å². The highest BCUT2D eigenvalue weighted by atomic mass is 32.1. The van der Waals surface area contributed by atoms with Gasteiger partial charge in [-0.2, -0.15) is 0 Å². The van der Waals surface area contributed by atoms with Crippen molar-refractivity contribution in [1.82, 2.24) is 9.97 Å². The van der Waals surface area contributed by atoms with Crippen LogP contribution in [0.5, 0.6) is 0 Å². The number of primary amides is 1. The Kier molecular flexibility index (Phi) is 2.87. The van der Waals surface area contributed by atoms with Crippen molar-refractivity contribution in [3.63, 3.8) is 0 Å². The highest BCUT2D eigenvalue weighted by Gasteiger charge is 2.10. The van der Waals surface area contributed by atoms with E-state index in [-0.39, 0.29) is 0 Å². The molecule has 1 aromatic carbocycles. The number of aromatic nitrogens is 2. The molecule has 0 radical (unpaired) electrons. The highest BCUT2D eigenvalue weighted by molar-refractivity contribution is 7.21. The molecule has 0 unspecified atom stereocenters. The summed E-state index contributed by atoms with van der Waals surface area (Å²) in [6.45, 7) is 1.97. The second-order valence-corrected chi connectivity index (χ2v) is 5.48. The van der Waals surface area contributed by atoms with Gasteiger partial charge in [0.2, 0.25) is 5.91 Å². The molecular weight excluding hydrogens is 272 g/mol. The van der Waals surface area contributed by atoms with Gasteiger partial charge < -0.3 is 11.5 Å². The van der Waals surface area contributed by atoms with Gasteiger partial charge >= 0.3 is 0 Å². The van der Waals surface area contributed by atoms with Crippen LogP contribution in [0.2, 0.25) is 0 Å². The average molecular weight is 284 g/mol. The van der Waals surface area contributed by atoms with Gasteiger partial charge in [0.05, 0.1) is 5.69 Å². The summed E-state index contributed by atoms with van der Waals surface area (Å²) in [5, 5.41) is 0.493. The summed E-state index contributed by atoms with van der Waals surface area (Å²) < 4.78 is 0. The van der Waals surface area contributed by atoms with E-state index in [1.807, 2.05) is 25.1 Å². The molecule has 0 aliphatic carbocycles. The van der Waals surface area contributed by atoms with Crippen molar-refractivity contribution >= 4 is 32.7 Å². The third kappa shape index (κ3) is 2.10. The summed E-state index contributed by atoms with van der Waals surface area (Å²) >= 11 is 1.34. The number of anilines is 1. The van der Waals surface area contributed by atoms with Gasteiger partial charge in [-0.3, -0.25) is 4.79 Å². The number of thiazole rings is 1. The summed E-state index contributed by atoms with van der Waals surface area (Å²) in [7, 11) is 0. The van der Waals surface area contributed by atoms with E-state index in [2.05, 4.69) is 9.97 Å². The van der Waals surface area contributed by atoms with Crippen LogP contribution < -0.4 is 11.5 Å². The first-order valence-corrected chi connectivity index (χ1v) is 6.80. The van der Waals surface area contributed by atoms with Crippen LogP contribution in [0.25, 0.3) is 21.6 Å². The maximum atomic E-state index is 11.3. The first-order valence-electron chi connectivity index (χ1n) is 5.98. The van der Waals surface area contributed by atoms with Crippen molar-refractivity contribution in [3.05, 3.63) is 41.5 Å². The van der Waals surface area contributed by atoms with E-state index >= 15 is 0 Å². The lowest BCUT2D eigenvalue weighted by atomic mass is 10.0. The van der Waals surface area contributed by atoms with Crippen LogP contribution in [0.3, 0.4) is 0 Å². The second kappa shape index (κ2) is 4.57. The van der Waals surface area contributed by atoms with Crippen LogP contribution in [-0.2, 0) is 0 Å². The molecule has 4 N–H and O–H groups in total. The number of nitrogens with two attached hydrogens (primary N) is 2. The number of benzene rings is 1. The lowest BCUT2D eigenvalue weighted by molar-refractivity contribution is 0.100. The molecule has 0 saturated carbocycles. The van der Waals surface area contributed by atoms with Gasteiger partial charge in [-0.25, -0.2) is 9.97 Å². The van der Waals surface area contributed by atoms with Crippen LogP contribution in [0, 0.1) is 6.92 Å². The lowest BCUT2D eigenvalue weighted by Gasteiger charge is -2.06. The fourth-order valence-electron chi connectivity index (χ4n) is 2.04. The fraction of sp³-hybridized carbons (Fsp3) is 0.0714. The maximum absolute atomic E-state index is 11.3. The number of hydrogen-bond acceptors (Lipinski definition) is 5. The Morgan fingerprint density at radius 1 is 1.20 bits per heavy atom.